The molecule has 0 saturated heterocycles. The first-order chi connectivity index (χ1) is 11.0. The van der Waals surface area contributed by atoms with E-state index >= 15 is 0 Å². The lowest BCUT2D eigenvalue weighted by Crippen LogP contribution is -2.43. The van der Waals surface area contributed by atoms with Gasteiger partial charge in [0.1, 0.15) is 12.6 Å². The molecule has 0 amide bonds. The molecule has 1 aliphatic rings. The maximum atomic E-state index is 13.6. The van der Waals surface area contributed by atoms with Crippen molar-refractivity contribution >= 4 is 10.0 Å². The molecule has 2 aromatic rings. The minimum atomic E-state index is -3.32. The molecule has 0 fully saturated rings. The van der Waals surface area contributed by atoms with Crippen molar-refractivity contribution in [3.8, 4) is 5.88 Å². The highest BCUT2D eigenvalue weighted by Crippen LogP contribution is 2.24. The van der Waals surface area contributed by atoms with E-state index in [0.717, 1.165) is 5.69 Å². The first kappa shape index (κ1) is 15.9. The SMILES string of the molecule is CCS(=O)(=O)N1Cc2ccnn2[C@H](COc2ncccc2F)C1. The zero-order valence-electron chi connectivity index (χ0n) is 12.6. The Labute approximate surface area is 133 Å². The topological polar surface area (TPSA) is 77.3 Å². The van der Waals surface area contributed by atoms with E-state index in [1.165, 1.54) is 22.6 Å². The Hall–Kier alpha value is -2.00. The third-order valence-corrected chi connectivity index (χ3v) is 5.54. The van der Waals surface area contributed by atoms with Gasteiger partial charge in [0, 0.05) is 18.9 Å². The summed E-state index contributed by atoms with van der Waals surface area (Å²) in [6.07, 6.45) is 3.05. The van der Waals surface area contributed by atoms with Crippen LogP contribution in [-0.4, -0.2) is 46.4 Å². The number of hydrogen-bond acceptors (Lipinski definition) is 5. The fourth-order valence-electron chi connectivity index (χ4n) is 2.52. The van der Waals surface area contributed by atoms with Crippen LogP contribution in [0.2, 0.25) is 0 Å². The molecule has 0 unspecified atom stereocenters. The lowest BCUT2D eigenvalue weighted by atomic mass is 10.2. The van der Waals surface area contributed by atoms with Gasteiger partial charge < -0.3 is 4.74 Å². The zero-order chi connectivity index (χ0) is 16.4. The average molecular weight is 340 g/mol. The Morgan fingerprint density at radius 2 is 2.22 bits per heavy atom. The fraction of sp³-hybridized carbons (Fsp3) is 0.429. The number of ether oxygens (including phenoxy) is 1. The molecule has 0 spiro atoms. The molecular formula is C14H17FN4O3S. The van der Waals surface area contributed by atoms with Gasteiger partial charge in [0.15, 0.2) is 5.82 Å². The maximum Gasteiger partial charge on any atom is 0.250 e. The van der Waals surface area contributed by atoms with E-state index in [1.807, 2.05) is 0 Å². The molecule has 3 rings (SSSR count). The molecule has 2 aromatic heterocycles. The van der Waals surface area contributed by atoms with Gasteiger partial charge in [-0.15, -0.1) is 0 Å². The van der Waals surface area contributed by atoms with Crippen LogP contribution < -0.4 is 4.74 Å². The van der Waals surface area contributed by atoms with Gasteiger partial charge in [-0.2, -0.15) is 9.40 Å². The predicted molar refractivity (Wildman–Crippen MR) is 80.8 cm³/mol. The second kappa shape index (κ2) is 6.25. The van der Waals surface area contributed by atoms with Crippen molar-refractivity contribution in [2.45, 2.75) is 19.5 Å². The highest BCUT2D eigenvalue weighted by molar-refractivity contribution is 7.89. The van der Waals surface area contributed by atoms with Gasteiger partial charge in [0.2, 0.25) is 15.9 Å². The molecule has 1 atom stereocenters. The zero-order valence-corrected chi connectivity index (χ0v) is 13.4. The molecule has 0 bridgehead atoms. The second-order valence-corrected chi connectivity index (χ2v) is 7.47. The molecular weight excluding hydrogens is 323 g/mol. The van der Waals surface area contributed by atoms with Crippen LogP contribution in [0.5, 0.6) is 5.88 Å². The molecule has 0 N–H and O–H groups in total. The van der Waals surface area contributed by atoms with Crippen LogP contribution in [0.3, 0.4) is 0 Å². The van der Waals surface area contributed by atoms with Gasteiger partial charge in [0.25, 0.3) is 0 Å². The summed E-state index contributed by atoms with van der Waals surface area (Å²) in [4.78, 5) is 3.83. The molecule has 0 aliphatic carbocycles. The van der Waals surface area contributed by atoms with Crippen LogP contribution in [0.25, 0.3) is 0 Å². The van der Waals surface area contributed by atoms with Gasteiger partial charge in [-0.1, -0.05) is 0 Å². The van der Waals surface area contributed by atoms with E-state index in [2.05, 4.69) is 10.1 Å². The van der Waals surface area contributed by atoms with Gasteiger partial charge in [-0.05, 0) is 25.1 Å². The van der Waals surface area contributed by atoms with Crippen molar-refractivity contribution in [1.29, 1.82) is 0 Å². The average Bonchev–Trinajstić information content (AvgIpc) is 3.02. The molecule has 3 heterocycles. The Kier molecular flexibility index (Phi) is 4.31. The lowest BCUT2D eigenvalue weighted by Gasteiger charge is -2.32. The van der Waals surface area contributed by atoms with E-state index in [-0.39, 0.29) is 37.4 Å². The summed E-state index contributed by atoms with van der Waals surface area (Å²) in [7, 11) is -3.32. The van der Waals surface area contributed by atoms with E-state index < -0.39 is 15.8 Å². The van der Waals surface area contributed by atoms with Gasteiger partial charge in [-0.3, -0.25) is 4.68 Å². The largest absolute Gasteiger partial charge is 0.473 e. The van der Waals surface area contributed by atoms with Crippen LogP contribution in [0, 0.1) is 5.82 Å². The number of fused-ring (bicyclic) bond motifs is 1. The third-order valence-electron chi connectivity index (χ3n) is 3.75. The van der Waals surface area contributed by atoms with E-state index in [4.69, 9.17) is 4.74 Å². The number of nitrogens with zero attached hydrogens (tertiary/aromatic N) is 4. The molecule has 9 heteroatoms. The maximum absolute atomic E-state index is 13.6. The van der Waals surface area contributed by atoms with Gasteiger partial charge >= 0.3 is 0 Å². The number of hydrogen-bond donors (Lipinski definition) is 0. The van der Waals surface area contributed by atoms with Crippen LogP contribution in [-0.2, 0) is 16.6 Å². The first-order valence-electron chi connectivity index (χ1n) is 7.25. The van der Waals surface area contributed by atoms with Crippen LogP contribution in [0.1, 0.15) is 18.7 Å². The summed E-state index contributed by atoms with van der Waals surface area (Å²) in [5.74, 6) is -0.623. The highest BCUT2D eigenvalue weighted by atomic mass is 32.2. The second-order valence-electron chi connectivity index (χ2n) is 5.22. The third kappa shape index (κ3) is 3.20. The summed E-state index contributed by atoms with van der Waals surface area (Å²) in [5.41, 5.74) is 0.781. The smallest absolute Gasteiger partial charge is 0.250 e. The summed E-state index contributed by atoms with van der Waals surface area (Å²) >= 11 is 0. The van der Waals surface area contributed by atoms with E-state index in [1.54, 1.807) is 23.9 Å². The summed E-state index contributed by atoms with van der Waals surface area (Å²) in [6, 6.07) is 4.17. The van der Waals surface area contributed by atoms with Crippen molar-refractivity contribution in [2.75, 3.05) is 18.9 Å². The standard InChI is InChI=1S/C14H17FN4O3S/c1-2-23(20,21)18-8-11-5-7-17-19(11)12(9-18)10-22-14-13(15)4-3-6-16-14/h3-7,12H,2,8-10H2,1H3/t12-/m0/s1. The van der Waals surface area contributed by atoms with Crippen molar-refractivity contribution < 1.29 is 17.5 Å². The number of sulfonamides is 1. The minimum absolute atomic E-state index is 0.0313. The van der Waals surface area contributed by atoms with Crippen molar-refractivity contribution in [3.05, 3.63) is 42.1 Å². The Balaban J connectivity index is 1.80. The lowest BCUT2D eigenvalue weighted by molar-refractivity contribution is 0.174. The van der Waals surface area contributed by atoms with Crippen LogP contribution in [0.15, 0.2) is 30.6 Å². The summed E-state index contributed by atoms with van der Waals surface area (Å²) in [5, 5.41) is 4.22. The predicted octanol–water partition coefficient (Wildman–Crippen LogP) is 1.20. The molecule has 0 radical (unpaired) electrons. The van der Waals surface area contributed by atoms with Crippen LogP contribution >= 0.6 is 0 Å². The first-order valence-corrected chi connectivity index (χ1v) is 8.85. The molecule has 0 saturated carbocycles. The molecule has 0 aromatic carbocycles. The van der Waals surface area contributed by atoms with Gasteiger partial charge in [0.05, 0.1) is 18.0 Å². The Morgan fingerprint density at radius 1 is 1.39 bits per heavy atom. The van der Waals surface area contributed by atoms with E-state index in [0.29, 0.717) is 0 Å². The quantitative estimate of drug-likeness (QED) is 0.817. The Morgan fingerprint density at radius 3 is 2.96 bits per heavy atom. The van der Waals surface area contributed by atoms with Crippen molar-refractivity contribution in [1.82, 2.24) is 19.1 Å². The van der Waals surface area contributed by atoms with Crippen molar-refractivity contribution in [2.24, 2.45) is 0 Å². The van der Waals surface area contributed by atoms with Gasteiger partial charge in [-0.25, -0.2) is 17.8 Å². The molecule has 23 heavy (non-hydrogen) atoms. The molecule has 124 valence electrons. The van der Waals surface area contributed by atoms with E-state index in [9.17, 15) is 12.8 Å². The van der Waals surface area contributed by atoms with Crippen molar-refractivity contribution in [3.63, 3.8) is 0 Å². The van der Waals surface area contributed by atoms with Crippen LogP contribution in [0.4, 0.5) is 4.39 Å². The normalized spacial score (nSPS) is 18.6. The number of aromatic nitrogens is 3. The fourth-order valence-corrected chi connectivity index (χ4v) is 3.62. The minimum Gasteiger partial charge on any atom is -0.473 e. The summed E-state index contributed by atoms with van der Waals surface area (Å²) in [6.45, 7) is 2.21. The number of rotatable bonds is 5. The number of pyridine rings is 1. The highest BCUT2D eigenvalue weighted by Gasteiger charge is 2.32. The molecule has 7 nitrogen and oxygen atoms in total. The summed E-state index contributed by atoms with van der Waals surface area (Å²) < 4.78 is 46.4. The molecule has 1 aliphatic heterocycles. The Bertz CT molecular complexity index is 793. The number of halogens is 1. The monoisotopic (exact) mass is 340 g/mol.